The molecule has 0 bridgehead atoms. The highest BCUT2D eigenvalue weighted by Gasteiger charge is 2.26. The fourth-order valence-electron chi connectivity index (χ4n) is 0.0504. The molecule has 0 amide bonds. The van der Waals surface area contributed by atoms with Crippen molar-refractivity contribution in [2.24, 2.45) is 5.90 Å². The van der Waals surface area contributed by atoms with Crippen molar-refractivity contribution >= 4 is 5.97 Å². The summed E-state index contributed by atoms with van der Waals surface area (Å²) in [6.45, 7) is 2.74. The van der Waals surface area contributed by atoms with Crippen LogP contribution < -0.4 is 5.90 Å². The first-order chi connectivity index (χ1) is 3.50. The lowest BCUT2D eigenvalue weighted by Crippen LogP contribution is -2.37. The first-order valence-corrected chi connectivity index (χ1v) is 2.12. The average Bonchev–Trinajstić information content (AvgIpc) is 1.67. The number of nitrogens with two attached hydrogens (primary N) is 1. The Morgan fingerprint density at radius 3 is 2.12 bits per heavy atom. The summed E-state index contributed by atoms with van der Waals surface area (Å²) in [5.74, 6) is 3.56. The SMILES string of the molecule is CC(C)(ON)C(=O)O. The second kappa shape index (κ2) is 2.11. The van der Waals surface area contributed by atoms with Gasteiger partial charge in [-0.05, 0) is 13.8 Å². The molecule has 4 heteroatoms. The van der Waals surface area contributed by atoms with Crippen molar-refractivity contribution in [2.75, 3.05) is 0 Å². The van der Waals surface area contributed by atoms with Crippen molar-refractivity contribution in [1.29, 1.82) is 0 Å². The van der Waals surface area contributed by atoms with Crippen LogP contribution in [0, 0.1) is 0 Å². The third-order valence-corrected chi connectivity index (χ3v) is 0.810. The number of aliphatic carboxylic acids is 1. The maximum Gasteiger partial charge on any atom is 0.337 e. The normalized spacial score (nSPS) is 11.4. The van der Waals surface area contributed by atoms with Gasteiger partial charge in [0.2, 0.25) is 0 Å². The van der Waals surface area contributed by atoms with Crippen LogP contribution in [0.3, 0.4) is 0 Å². The van der Waals surface area contributed by atoms with E-state index in [2.05, 4.69) is 10.7 Å². The minimum absolute atomic E-state index is 1.07. The number of hydrogen-bond acceptors (Lipinski definition) is 3. The molecule has 0 aliphatic heterocycles. The Morgan fingerprint density at radius 2 is 2.12 bits per heavy atom. The third-order valence-electron chi connectivity index (χ3n) is 0.810. The summed E-state index contributed by atoms with van der Waals surface area (Å²) in [6.07, 6.45) is 0. The van der Waals surface area contributed by atoms with Crippen LogP contribution in [0.5, 0.6) is 0 Å². The highest BCUT2D eigenvalue weighted by molar-refractivity contribution is 5.76. The molecule has 0 radical (unpaired) electrons. The summed E-state index contributed by atoms with van der Waals surface area (Å²) >= 11 is 0. The molecule has 0 spiro atoms. The van der Waals surface area contributed by atoms with Gasteiger partial charge >= 0.3 is 5.97 Å². The van der Waals surface area contributed by atoms with E-state index in [0.717, 1.165) is 0 Å². The second-order valence-electron chi connectivity index (χ2n) is 1.93. The van der Waals surface area contributed by atoms with Crippen molar-refractivity contribution in [3.05, 3.63) is 0 Å². The van der Waals surface area contributed by atoms with E-state index >= 15 is 0 Å². The van der Waals surface area contributed by atoms with E-state index in [-0.39, 0.29) is 0 Å². The molecule has 0 heterocycles. The minimum Gasteiger partial charge on any atom is -0.479 e. The molecule has 4 nitrogen and oxygen atoms in total. The summed E-state index contributed by atoms with van der Waals surface area (Å²) in [5.41, 5.74) is -1.26. The van der Waals surface area contributed by atoms with E-state index in [1.165, 1.54) is 13.8 Å². The van der Waals surface area contributed by atoms with Crippen molar-refractivity contribution in [3.8, 4) is 0 Å². The molecule has 0 aromatic rings. The minimum atomic E-state index is -1.26. The van der Waals surface area contributed by atoms with Gasteiger partial charge in [-0.2, -0.15) is 0 Å². The Bertz CT molecular complexity index is 99.5. The quantitative estimate of drug-likeness (QED) is 0.491. The topological polar surface area (TPSA) is 72.5 Å². The highest BCUT2D eigenvalue weighted by atomic mass is 16.6. The number of carbonyl (C=O) groups is 1. The summed E-state index contributed by atoms with van der Waals surface area (Å²) in [7, 11) is 0. The van der Waals surface area contributed by atoms with Crippen molar-refractivity contribution in [1.82, 2.24) is 0 Å². The van der Waals surface area contributed by atoms with Gasteiger partial charge in [0.25, 0.3) is 0 Å². The van der Waals surface area contributed by atoms with Crippen LogP contribution in [0.4, 0.5) is 0 Å². The molecule has 0 aliphatic rings. The lowest BCUT2D eigenvalue weighted by Gasteiger charge is -2.14. The van der Waals surface area contributed by atoms with E-state index in [4.69, 9.17) is 5.11 Å². The molecule has 0 saturated carbocycles. The lowest BCUT2D eigenvalue weighted by atomic mass is 10.1. The molecular formula is C4H9NO3. The predicted molar refractivity (Wildman–Crippen MR) is 27.0 cm³/mol. The Kier molecular flexibility index (Phi) is 1.94. The molecule has 0 aromatic carbocycles. The lowest BCUT2D eigenvalue weighted by molar-refractivity contribution is -0.161. The molecule has 0 aromatic heterocycles. The maximum absolute atomic E-state index is 10.0. The van der Waals surface area contributed by atoms with Gasteiger partial charge < -0.3 is 5.11 Å². The van der Waals surface area contributed by atoms with Gasteiger partial charge in [0, 0.05) is 0 Å². The Labute approximate surface area is 47.2 Å². The van der Waals surface area contributed by atoms with E-state index in [1.807, 2.05) is 0 Å². The molecule has 0 atom stereocenters. The zero-order valence-corrected chi connectivity index (χ0v) is 4.84. The summed E-state index contributed by atoms with van der Waals surface area (Å²) in [6, 6.07) is 0. The van der Waals surface area contributed by atoms with Crippen LogP contribution in [0.2, 0.25) is 0 Å². The van der Waals surface area contributed by atoms with Gasteiger partial charge in [0.05, 0.1) is 0 Å². The standard InChI is InChI=1S/C4H9NO3/c1-4(2,8-5)3(6)7/h5H2,1-2H3,(H,6,7). The van der Waals surface area contributed by atoms with E-state index < -0.39 is 11.6 Å². The first-order valence-electron chi connectivity index (χ1n) is 2.12. The number of hydrogen-bond donors (Lipinski definition) is 2. The van der Waals surface area contributed by atoms with Crippen LogP contribution in [-0.4, -0.2) is 16.7 Å². The van der Waals surface area contributed by atoms with Crippen molar-refractivity contribution in [3.63, 3.8) is 0 Å². The van der Waals surface area contributed by atoms with E-state index in [0.29, 0.717) is 0 Å². The largest absolute Gasteiger partial charge is 0.479 e. The molecule has 0 rings (SSSR count). The Morgan fingerprint density at radius 1 is 1.75 bits per heavy atom. The Balaban J connectivity index is 3.91. The maximum atomic E-state index is 10.0. The van der Waals surface area contributed by atoms with Crippen LogP contribution in [0.25, 0.3) is 0 Å². The van der Waals surface area contributed by atoms with E-state index in [9.17, 15) is 4.79 Å². The molecule has 0 unspecified atom stereocenters. The molecule has 3 N–H and O–H groups in total. The highest BCUT2D eigenvalue weighted by Crippen LogP contribution is 2.03. The van der Waals surface area contributed by atoms with Gasteiger partial charge in [-0.15, -0.1) is 0 Å². The number of carboxylic acids is 1. The Hall–Kier alpha value is -0.610. The fraction of sp³-hybridized carbons (Fsp3) is 0.750. The van der Waals surface area contributed by atoms with Crippen LogP contribution in [0.15, 0.2) is 0 Å². The molecule has 8 heavy (non-hydrogen) atoms. The summed E-state index contributed by atoms with van der Waals surface area (Å²) < 4.78 is 0. The number of carboxylic acid groups (broad SMARTS) is 1. The van der Waals surface area contributed by atoms with Gasteiger partial charge in [-0.25, -0.2) is 10.7 Å². The second-order valence-corrected chi connectivity index (χ2v) is 1.93. The molecule has 48 valence electrons. The third kappa shape index (κ3) is 1.48. The van der Waals surface area contributed by atoms with Crippen molar-refractivity contribution in [2.45, 2.75) is 19.4 Å². The average molecular weight is 119 g/mol. The van der Waals surface area contributed by atoms with Gasteiger partial charge in [-0.3, -0.25) is 4.84 Å². The van der Waals surface area contributed by atoms with Crippen LogP contribution >= 0.6 is 0 Å². The zero-order valence-electron chi connectivity index (χ0n) is 4.84. The monoisotopic (exact) mass is 119 g/mol. The van der Waals surface area contributed by atoms with Crippen molar-refractivity contribution < 1.29 is 14.7 Å². The van der Waals surface area contributed by atoms with Crippen LogP contribution in [0.1, 0.15) is 13.8 Å². The van der Waals surface area contributed by atoms with Gasteiger partial charge in [-0.1, -0.05) is 0 Å². The zero-order chi connectivity index (χ0) is 6.78. The fourth-order valence-corrected chi connectivity index (χ4v) is 0.0504. The predicted octanol–water partition coefficient (Wildman–Crippen LogP) is -0.260. The first kappa shape index (κ1) is 7.39. The molecule has 0 aliphatic carbocycles. The molecular weight excluding hydrogens is 110 g/mol. The van der Waals surface area contributed by atoms with E-state index in [1.54, 1.807) is 0 Å². The smallest absolute Gasteiger partial charge is 0.337 e. The molecule has 0 saturated heterocycles. The summed E-state index contributed by atoms with van der Waals surface area (Å²) in [5, 5.41) is 8.24. The number of rotatable bonds is 2. The van der Waals surface area contributed by atoms with Crippen LogP contribution in [-0.2, 0) is 9.63 Å². The van der Waals surface area contributed by atoms with Gasteiger partial charge in [0.15, 0.2) is 5.60 Å². The van der Waals surface area contributed by atoms with Gasteiger partial charge in [0.1, 0.15) is 0 Å². The molecule has 0 fully saturated rings. The summed E-state index contributed by atoms with van der Waals surface area (Å²) in [4.78, 5) is 14.1.